The molecule has 18 heavy (non-hydrogen) atoms. The second-order valence-electron chi connectivity index (χ2n) is 4.44. The number of rotatable bonds is 3. The molecule has 0 spiro atoms. The van der Waals surface area contributed by atoms with E-state index in [1.165, 1.54) is 0 Å². The predicted octanol–water partition coefficient (Wildman–Crippen LogP) is 1.22. The van der Waals surface area contributed by atoms with Crippen LogP contribution >= 0.6 is 0 Å². The zero-order valence-electron chi connectivity index (χ0n) is 10.6. The van der Waals surface area contributed by atoms with Crippen molar-refractivity contribution >= 4 is 11.6 Å². The quantitative estimate of drug-likeness (QED) is 0.624. The molecule has 5 heteroatoms. The van der Waals surface area contributed by atoms with Crippen LogP contribution in [0.5, 0.6) is 0 Å². The lowest BCUT2D eigenvalue weighted by Crippen LogP contribution is -2.43. The highest BCUT2D eigenvalue weighted by molar-refractivity contribution is 5.99. The van der Waals surface area contributed by atoms with Crippen LogP contribution in [-0.2, 0) is 4.74 Å². The maximum Gasteiger partial charge on any atom is 0.256 e. The number of benzene rings is 1. The van der Waals surface area contributed by atoms with Crippen LogP contribution in [-0.4, -0.2) is 37.1 Å². The van der Waals surface area contributed by atoms with Gasteiger partial charge in [0.1, 0.15) is 0 Å². The molecule has 1 fully saturated rings. The van der Waals surface area contributed by atoms with Crippen LogP contribution in [0.15, 0.2) is 24.3 Å². The molecular formula is C13H19N3O2. The van der Waals surface area contributed by atoms with Crippen LogP contribution in [0, 0.1) is 0 Å². The monoisotopic (exact) mass is 249 g/mol. The molecule has 1 unspecified atom stereocenters. The van der Waals surface area contributed by atoms with Crippen molar-refractivity contribution in [2.24, 2.45) is 5.84 Å². The number of nitrogen functional groups attached to an aromatic ring is 1. The molecule has 5 nitrogen and oxygen atoms in total. The lowest BCUT2D eigenvalue weighted by molar-refractivity contribution is 0.0269. The van der Waals surface area contributed by atoms with Gasteiger partial charge in [0.2, 0.25) is 0 Å². The number of methoxy groups -OCH3 is 1. The van der Waals surface area contributed by atoms with E-state index in [9.17, 15) is 4.79 Å². The number of hydrogen-bond donors (Lipinski definition) is 2. The Morgan fingerprint density at radius 2 is 2.28 bits per heavy atom. The van der Waals surface area contributed by atoms with E-state index in [1.54, 1.807) is 19.2 Å². The summed E-state index contributed by atoms with van der Waals surface area (Å²) in [7, 11) is 1.69. The van der Waals surface area contributed by atoms with E-state index in [-0.39, 0.29) is 12.0 Å². The fourth-order valence-corrected chi connectivity index (χ4v) is 2.28. The Morgan fingerprint density at radius 3 is 3.00 bits per heavy atom. The van der Waals surface area contributed by atoms with Gasteiger partial charge in [0.15, 0.2) is 0 Å². The first kappa shape index (κ1) is 12.9. The Labute approximate surface area is 107 Å². The molecule has 0 radical (unpaired) electrons. The maximum atomic E-state index is 12.4. The van der Waals surface area contributed by atoms with Gasteiger partial charge in [-0.05, 0) is 25.0 Å². The first-order chi connectivity index (χ1) is 8.76. The van der Waals surface area contributed by atoms with Crippen molar-refractivity contribution in [3.8, 4) is 0 Å². The normalized spacial score (nSPS) is 19.7. The SMILES string of the molecule is COC1CCCN(C(=O)c2ccccc2NN)C1. The Kier molecular flexibility index (Phi) is 4.17. The molecule has 0 bridgehead atoms. The summed E-state index contributed by atoms with van der Waals surface area (Å²) < 4.78 is 5.33. The van der Waals surface area contributed by atoms with Crippen molar-refractivity contribution in [2.75, 3.05) is 25.6 Å². The smallest absolute Gasteiger partial charge is 0.256 e. The lowest BCUT2D eigenvalue weighted by Gasteiger charge is -2.32. The lowest BCUT2D eigenvalue weighted by atomic mass is 10.1. The topological polar surface area (TPSA) is 67.6 Å². The first-order valence-corrected chi connectivity index (χ1v) is 6.14. The highest BCUT2D eigenvalue weighted by atomic mass is 16.5. The molecular weight excluding hydrogens is 230 g/mol. The summed E-state index contributed by atoms with van der Waals surface area (Å²) in [5, 5.41) is 0. The number of anilines is 1. The molecule has 1 amide bonds. The third-order valence-electron chi connectivity index (χ3n) is 3.31. The number of nitrogens with zero attached hydrogens (tertiary/aromatic N) is 1. The van der Waals surface area contributed by atoms with E-state index < -0.39 is 0 Å². The molecule has 1 aromatic rings. The first-order valence-electron chi connectivity index (χ1n) is 6.14. The minimum Gasteiger partial charge on any atom is -0.380 e. The summed E-state index contributed by atoms with van der Waals surface area (Å²) in [6, 6.07) is 7.27. The van der Waals surface area contributed by atoms with E-state index >= 15 is 0 Å². The van der Waals surface area contributed by atoms with E-state index in [1.807, 2.05) is 17.0 Å². The van der Waals surface area contributed by atoms with Crippen LogP contribution in [0.25, 0.3) is 0 Å². The number of nitrogens with one attached hydrogen (secondary N) is 1. The van der Waals surface area contributed by atoms with Gasteiger partial charge in [0, 0.05) is 20.2 Å². The van der Waals surface area contributed by atoms with E-state index in [0.717, 1.165) is 19.4 Å². The molecule has 1 aromatic carbocycles. The van der Waals surface area contributed by atoms with Gasteiger partial charge in [-0.1, -0.05) is 12.1 Å². The Bertz CT molecular complexity index is 422. The molecule has 3 N–H and O–H groups in total. The number of nitrogens with two attached hydrogens (primary N) is 1. The van der Waals surface area contributed by atoms with E-state index in [2.05, 4.69) is 5.43 Å². The minimum absolute atomic E-state index is 0.00491. The van der Waals surface area contributed by atoms with Gasteiger partial charge in [-0.15, -0.1) is 0 Å². The number of carbonyl (C=O) groups is 1. The average Bonchev–Trinajstić information content (AvgIpc) is 2.46. The van der Waals surface area contributed by atoms with Gasteiger partial charge in [0.05, 0.1) is 17.4 Å². The molecule has 0 saturated carbocycles. The zero-order valence-corrected chi connectivity index (χ0v) is 10.6. The number of piperidine rings is 1. The molecule has 1 saturated heterocycles. The molecule has 1 atom stereocenters. The van der Waals surface area contributed by atoms with Gasteiger partial charge >= 0.3 is 0 Å². The summed E-state index contributed by atoms with van der Waals surface area (Å²) in [6.45, 7) is 1.42. The third-order valence-corrected chi connectivity index (χ3v) is 3.31. The van der Waals surface area contributed by atoms with Gasteiger partial charge in [-0.3, -0.25) is 10.6 Å². The number of carbonyl (C=O) groups excluding carboxylic acids is 1. The number of likely N-dealkylation sites (tertiary alicyclic amines) is 1. The molecule has 1 heterocycles. The second-order valence-corrected chi connectivity index (χ2v) is 4.44. The van der Waals surface area contributed by atoms with E-state index in [0.29, 0.717) is 17.8 Å². The molecule has 1 aliphatic rings. The zero-order chi connectivity index (χ0) is 13.0. The van der Waals surface area contributed by atoms with Crippen LogP contribution in [0.3, 0.4) is 0 Å². The maximum absolute atomic E-state index is 12.4. The van der Waals surface area contributed by atoms with Gasteiger partial charge in [-0.25, -0.2) is 0 Å². The van der Waals surface area contributed by atoms with E-state index in [4.69, 9.17) is 10.6 Å². The summed E-state index contributed by atoms with van der Waals surface area (Å²) in [5.74, 6) is 5.43. The fourth-order valence-electron chi connectivity index (χ4n) is 2.28. The molecule has 0 aliphatic carbocycles. The van der Waals surface area contributed by atoms with Crippen molar-refractivity contribution < 1.29 is 9.53 Å². The standard InChI is InChI=1S/C13H19N3O2/c1-18-10-5-4-8-16(9-10)13(17)11-6-2-3-7-12(11)15-14/h2-3,6-7,10,15H,4-5,8-9,14H2,1H3. The Balaban J connectivity index is 2.15. The third kappa shape index (κ3) is 2.63. The van der Waals surface area contributed by atoms with Crippen molar-refractivity contribution in [3.63, 3.8) is 0 Å². The van der Waals surface area contributed by atoms with Crippen LogP contribution in [0.2, 0.25) is 0 Å². The van der Waals surface area contributed by atoms with Crippen LogP contribution in [0.1, 0.15) is 23.2 Å². The summed E-state index contributed by atoms with van der Waals surface area (Å²) in [6.07, 6.45) is 2.13. The molecule has 2 rings (SSSR count). The Hall–Kier alpha value is -1.59. The highest BCUT2D eigenvalue weighted by Gasteiger charge is 2.25. The molecule has 1 aliphatic heterocycles. The number of para-hydroxylation sites is 1. The average molecular weight is 249 g/mol. The van der Waals surface area contributed by atoms with Gasteiger partial charge < -0.3 is 15.1 Å². The van der Waals surface area contributed by atoms with Crippen molar-refractivity contribution in [3.05, 3.63) is 29.8 Å². The molecule has 0 aromatic heterocycles. The highest BCUT2D eigenvalue weighted by Crippen LogP contribution is 2.20. The second kappa shape index (κ2) is 5.84. The van der Waals surface area contributed by atoms with Crippen LogP contribution < -0.4 is 11.3 Å². The number of ether oxygens (including phenoxy) is 1. The minimum atomic E-state index is 0.00491. The van der Waals surface area contributed by atoms with Gasteiger partial charge in [0.25, 0.3) is 5.91 Å². The van der Waals surface area contributed by atoms with Crippen LogP contribution in [0.4, 0.5) is 5.69 Å². The summed E-state index contributed by atoms with van der Waals surface area (Å²) >= 11 is 0. The largest absolute Gasteiger partial charge is 0.380 e. The number of amides is 1. The Morgan fingerprint density at radius 1 is 1.50 bits per heavy atom. The fraction of sp³-hybridized carbons (Fsp3) is 0.462. The van der Waals surface area contributed by atoms with Crippen molar-refractivity contribution in [1.29, 1.82) is 0 Å². The summed E-state index contributed by atoms with van der Waals surface area (Å²) in [5.41, 5.74) is 3.82. The predicted molar refractivity (Wildman–Crippen MR) is 70.2 cm³/mol. The van der Waals surface area contributed by atoms with Crippen molar-refractivity contribution in [1.82, 2.24) is 4.90 Å². The van der Waals surface area contributed by atoms with Gasteiger partial charge in [-0.2, -0.15) is 0 Å². The molecule has 98 valence electrons. The number of hydrogen-bond acceptors (Lipinski definition) is 4. The van der Waals surface area contributed by atoms with Crippen molar-refractivity contribution in [2.45, 2.75) is 18.9 Å². The summed E-state index contributed by atoms with van der Waals surface area (Å²) in [4.78, 5) is 14.2. The number of hydrazine groups is 1.